The van der Waals surface area contributed by atoms with Crippen molar-refractivity contribution in [3.63, 3.8) is 0 Å². The Kier molecular flexibility index (Phi) is 6.21. The van der Waals surface area contributed by atoms with Gasteiger partial charge in [0.15, 0.2) is 0 Å². The number of amides is 2. The Morgan fingerprint density at radius 3 is 2.71 bits per heavy atom. The van der Waals surface area contributed by atoms with E-state index in [2.05, 4.69) is 22.9 Å². The average Bonchev–Trinajstić information content (AvgIpc) is 3.34. The molecule has 0 radical (unpaired) electrons. The number of methoxy groups -OCH3 is 1. The van der Waals surface area contributed by atoms with E-state index in [0.29, 0.717) is 26.1 Å². The van der Waals surface area contributed by atoms with Crippen molar-refractivity contribution in [1.82, 2.24) is 19.8 Å². The highest BCUT2D eigenvalue weighted by Gasteiger charge is 2.34. The summed E-state index contributed by atoms with van der Waals surface area (Å²) in [7, 11) is 1.63. The molecule has 1 atom stereocenters. The number of aromatic nitrogens is 2. The van der Waals surface area contributed by atoms with Gasteiger partial charge in [-0.2, -0.15) is 0 Å². The molecule has 1 aliphatic rings. The molecule has 7 heteroatoms. The summed E-state index contributed by atoms with van der Waals surface area (Å²) in [6.07, 6.45) is 0.917. The summed E-state index contributed by atoms with van der Waals surface area (Å²) in [5.74, 6) is 1.39. The molecule has 1 unspecified atom stereocenters. The van der Waals surface area contributed by atoms with Gasteiger partial charge in [0.25, 0.3) is 0 Å². The molecule has 1 fully saturated rings. The Balaban J connectivity index is 1.30. The van der Waals surface area contributed by atoms with Crippen molar-refractivity contribution >= 4 is 22.8 Å². The average molecular weight is 421 g/mol. The molecule has 7 nitrogen and oxygen atoms in total. The maximum atomic E-state index is 12.7. The molecular weight excluding hydrogens is 392 g/mol. The predicted molar refractivity (Wildman–Crippen MR) is 119 cm³/mol. The van der Waals surface area contributed by atoms with Crippen LogP contribution in [0.1, 0.15) is 24.7 Å². The molecule has 2 heterocycles. The summed E-state index contributed by atoms with van der Waals surface area (Å²) in [5.41, 5.74) is 3.11. The summed E-state index contributed by atoms with van der Waals surface area (Å²) < 4.78 is 7.35. The number of rotatable bonds is 8. The van der Waals surface area contributed by atoms with Crippen LogP contribution in [0.25, 0.3) is 11.0 Å². The lowest BCUT2D eigenvalue weighted by Gasteiger charge is -2.17. The Labute approximate surface area is 182 Å². The first kappa shape index (κ1) is 20.9. The van der Waals surface area contributed by atoms with Crippen LogP contribution in [0.3, 0.4) is 0 Å². The van der Waals surface area contributed by atoms with Gasteiger partial charge in [-0.15, -0.1) is 0 Å². The lowest BCUT2D eigenvalue weighted by molar-refractivity contribution is -0.129. The smallest absolute Gasteiger partial charge is 0.225 e. The normalized spacial score (nSPS) is 16.1. The molecule has 1 N–H and O–H groups in total. The van der Waals surface area contributed by atoms with Crippen molar-refractivity contribution < 1.29 is 14.3 Å². The number of likely N-dealkylation sites (tertiary alicyclic amines) is 1. The van der Waals surface area contributed by atoms with E-state index in [1.807, 2.05) is 42.5 Å². The van der Waals surface area contributed by atoms with Crippen molar-refractivity contribution in [2.45, 2.75) is 32.9 Å². The van der Waals surface area contributed by atoms with Crippen molar-refractivity contribution in [1.29, 1.82) is 0 Å². The van der Waals surface area contributed by atoms with Crippen molar-refractivity contribution in [3.8, 4) is 5.75 Å². The van der Waals surface area contributed by atoms with Crippen LogP contribution in [0.5, 0.6) is 5.75 Å². The lowest BCUT2D eigenvalue weighted by atomic mass is 10.1. The molecule has 1 saturated heterocycles. The first-order valence-electron chi connectivity index (χ1n) is 10.7. The van der Waals surface area contributed by atoms with E-state index in [0.717, 1.165) is 34.7 Å². The molecule has 3 aromatic rings. The summed E-state index contributed by atoms with van der Waals surface area (Å²) in [4.78, 5) is 31.5. The number of benzene rings is 2. The first-order valence-corrected chi connectivity index (χ1v) is 10.7. The zero-order chi connectivity index (χ0) is 21.8. The van der Waals surface area contributed by atoms with Gasteiger partial charge in [0, 0.05) is 39.0 Å². The minimum Gasteiger partial charge on any atom is -0.497 e. The van der Waals surface area contributed by atoms with Gasteiger partial charge >= 0.3 is 0 Å². The topological polar surface area (TPSA) is 76.5 Å². The van der Waals surface area contributed by atoms with Gasteiger partial charge in [-0.05, 0) is 36.8 Å². The SMILES string of the molecule is CCn1c(CCNC(=O)C2CC(=O)N(Cc3ccc(OC)cc3)C2)nc2ccccc21. The highest BCUT2D eigenvalue weighted by atomic mass is 16.5. The second-order valence-electron chi connectivity index (χ2n) is 7.83. The number of imidazole rings is 1. The van der Waals surface area contributed by atoms with Crippen LogP contribution in [0.2, 0.25) is 0 Å². The van der Waals surface area contributed by atoms with Crippen LogP contribution in [0.4, 0.5) is 0 Å². The maximum Gasteiger partial charge on any atom is 0.225 e. The molecular formula is C24H28N4O3. The quantitative estimate of drug-likeness (QED) is 0.608. The van der Waals surface area contributed by atoms with Crippen LogP contribution in [-0.2, 0) is 29.1 Å². The van der Waals surface area contributed by atoms with E-state index < -0.39 is 0 Å². The molecule has 0 bridgehead atoms. The number of hydrogen-bond acceptors (Lipinski definition) is 4. The molecule has 4 rings (SSSR count). The van der Waals surface area contributed by atoms with E-state index in [4.69, 9.17) is 9.72 Å². The lowest BCUT2D eigenvalue weighted by Crippen LogP contribution is -2.34. The van der Waals surface area contributed by atoms with Gasteiger partial charge in [0.1, 0.15) is 11.6 Å². The summed E-state index contributed by atoms with van der Waals surface area (Å²) in [6.45, 7) is 4.39. The number of carbonyl (C=O) groups excluding carboxylic acids is 2. The second kappa shape index (κ2) is 9.20. The third-order valence-corrected chi connectivity index (χ3v) is 5.82. The van der Waals surface area contributed by atoms with Crippen LogP contribution < -0.4 is 10.1 Å². The predicted octanol–water partition coefficient (Wildman–Crippen LogP) is 2.77. The van der Waals surface area contributed by atoms with Crippen LogP contribution in [0.15, 0.2) is 48.5 Å². The Morgan fingerprint density at radius 1 is 1.19 bits per heavy atom. The highest BCUT2D eigenvalue weighted by Crippen LogP contribution is 2.22. The maximum absolute atomic E-state index is 12.7. The van der Waals surface area contributed by atoms with Gasteiger partial charge < -0.3 is 19.5 Å². The molecule has 2 amide bonds. The fraction of sp³-hybridized carbons (Fsp3) is 0.375. The van der Waals surface area contributed by atoms with Crippen molar-refractivity contribution in [2.75, 3.05) is 20.2 Å². The highest BCUT2D eigenvalue weighted by molar-refractivity contribution is 5.89. The Hall–Kier alpha value is -3.35. The van der Waals surface area contributed by atoms with Crippen molar-refractivity contribution in [3.05, 3.63) is 59.9 Å². The molecule has 1 aromatic heterocycles. The Bertz CT molecular complexity index is 1070. The van der Waals surface area contributed by atoms with Gasteiger partial charge in [-0.25, -0.2) is 4.98 Å². The zero-order valence-electron chi connectivity index (χ0n) is 18.0. The van der Waals surface area contributed by atoms with Crippen LogP contribution in [0, 0.1) is 5.92 Å². The van der Waals surface area contributed by atoms with Gasteiger partial charge in [0.2, 0.25) is 11.8 Å². The monoisotopic (exact) mass is 420 g/mol. The van der Waals surface area contributed by atoms with E-state index in [1.54, 1.807) is 12.0 Å². The van der Waals surface area contributed by atoms with Gasteiger partial charge in [-0.3, -0.25) is 9.59 Å². The molecule has 162 valence electrons. The molecule has 31 heavy (non-hydrogen) atoms. The third-order valence-electron chi connectivity index (χ3n) is 5.82. The summed E-state index contributed by atoms with van der Waals surface area (Å²) in [6, 6.07) is 15.7. The minimum absolute atomic E-state index is 0.0174. The molecule has 0 saturated carbocycles. The van der Waals surface area contributed by atoms with E-state index in [9.17, 15) is 9.59 Å². The molecule has 1 aliphatic heterocycles. The molecule has 2 aromatic carbocycles. The second-order valence-corrected chi connectivity index (χ2v) is 7.83. The largest absolute Gasteiger partial charge is 0.497 e. The van der Waals surface area contributed by atoms with E-state index in [1.165, 1.54) is 0 Å². The number of fused-ring (bicyclic) bond motifs is 1. The molecule has 0 spiro atoms. The van der Waals surface area contributed by atoms with E-state index in [-0.39, 0.29) is 24.2 Å². The number of ether oxygens (including phenoxy) is 1. The molecule has 0 aliphatic carbocycles. The van der Waals surface area contributed by atoms with Crippen LogP contribution >= 0.6 is 0 Å². The number of hydrogen-bond donors (Lipinski definition) is 1. The van der Waals surface area contributed by atoms with Gasteiger partial charge in [-0.1, -0.05) is 24.3 Å². The van der Waals surface area contributed by atoms with Gasteiger partial charge in [0.05, 0.1) is 24.1 Å². The fourth-order valence-electron chi connectivity index (χ4n) is 4.16. The van der Waals surface area contributed by atoms with Crippen LogP contribution in [-0.4, -0.2) is 46.5 Å². The standard InChI is InChI=1S/C24H28N4O3/c1-3-28-21-7-5-4-6-20(21)26-22(28)12-13-25-24(30)18-14-23(29)27(16-18)15-17-8-10-19(31-2)11-9-17/h4-11,18H,3,12-16H2,1-2H3,(H,25,30). The first-order chi connectivity index (χ1) is 15.1. The Morgan fingerprint density at radius 2 is 1.97 bits per heavy atom. The fourth-order valence-corrected chi connectivity index (χ4v) is 4.16. The number of nitrogens with one attached hydrogen (secondary N) is 1. The summed E-state index contributed by atoms with van der Waals surface area (Å²) in [5, 5.41) is 3.00. The number of nitrogens with zero attached hydrogens (tertiary/aromatic N) is 3. The van der Waals surface area contributed by atoms with E-state index >= 15 is 0 Å². The number of carbonyl (C=O) groups is 2. The zero-order valence-corrected chi connectivity index (χ0v) is 18.0. The third kappa shape index (κ3) is 4.55. The number of aryl methyl sites for hydroxylation is 1. The minimum atomic E-state index is -0.309. The van der Waals surface area contributed by atoms with Crippen molar-refractivity contribution in [2.24, 2.45) is 5.92 Å². The summed E-state index contributed by atoms with van der Waals surface area (Å²) >= 11 is 0. The number of para-hydroxylation sites is 2.